The van der Waals surface area contributed by atoms with Crippen LogP contribution in [0.4, 0.5) is 4.79 Å². The maximum Gasteiger partial charge on any atom is 0.506 e. The molecule has 4 heteroatoms. The molecular weight excluding hydrogens is 244 g/mol. The van der Waals surface area contributed by atoms with Crippen LogP contribution in [0.5, 0.6) is 5.75 Å². The van der Waals surface area contributed by atoms with Crippen molar-refractivity contribution < 1.29 is 19.4 Å². The van der Waals surface area contributed by atoms with Crippen LogP contribution in [0, 0.1) is 0 Å². The van der Waals surface area contributed by atoms with Gasteiger partial charge < -0.3 is 14.6 Å². The summed E-state index contributed by atoms with van der Waals surface area (Å²) in [6, 6.07) is 11.4. The van der Waals surface area contributed by atoms with Crippen molar-refractivity contribution in [1.29, 1.82) is 0 Å². The Morgan fingerprint density at radius 3 is 2.53 bits per heavy atom. The van der Waals surface area contributed by atoms with E-state index < -0.39 is 12.3 Å². The molecule has 1 atom stereocenters. The molecule has 1 unspecified atom stereocenters. The van der Waals surface area contributed by atoms with Crippen molar-refractivity contribution in [3.05, 3.63) is 42.0 Å². The van der Waals surface area contributed by atoms with Crippen molar-refractivity contribution in [2.24, 2.45) is 0 Å². The predicted octanol–water partition coefficient (Wildman–Crippen LogP) is 3.99. The number of rotatable bonds is 4. The number of benzene rings is 2. The number of carboxylic acid groups (broad SMARTS) is 1. The van der Waals surface area contributed by atoms with Crippen LogP contribution in [-0.4, -0.2) is 17.9 Å². The molecule has 0 aliphatic rings. The summed E-state index contributed by atoms with van der Waals surface area (Å²) < 4.78 is 10.4. The van der Waals surface area contributed by atoms with Crippen LogP contribution >= 0.6 is 0 Å². The fraction of sp³-hybridized carbons (Fsp3) is 0.267. The molecule has 0 saturated carbocycles. The van der Waals surface area contributed by atoms with Crippen LogP contribution in [0.1, 0.15) is 25.5 Å². The fourth-order valence-corrected chi connectivity index (χ4v) is 2.15. The van der Waals surface area contributed by atoms with E-state index in [1.165, 1.54) is 0 Å². The molecule has 0 aliphatic heterocycles. The van der Waals surface area contributed by atoms with Crippen LogP contribution < -0.4 is 4.74 Å². The molecule has 2 aromatic rings. The lowest BCUT2D eigenvalue weighted by molar-refractivity contribution is 0.0592. The van der Waals surface area contributed by atoms with Gasteiger partial charge in [-0.2, -0.15) is 0 Å². The number of ether oxygens (including phenoxy) is 2. The second kappa shape index (κ2) is 5.61. The third-order valence-electron chi connectivity index (χ3n) is 2.93. The predicted molar refractivity (Wildman–Crippen MR) is 72.6 cm³/mol. The highest BCUT2D eigenvalue weighted by Crippen LogP contribution is 2.32. The fourth-order valence-electron chi connectivity index (χ4n) is 2.15. The summed E-state index contributed by atoms with van der Waals surface area (Å²) in [4.78, 5) is 10.6. The largest absolute Gasteiger partial charge is 0.506 e. The lowest BCUT2D eigenvalue weighted by Gasteiger charge is -2.16. The molecule has 2 rings (SSSR count). The van der Waals surface area contributed by atoms with E-state index in [4.69, 9.17) is 14.6 Å². The second-order valence-electron chi connectivity index (χ2n) is 4.16. The van der Waals surface area contributed by atoms with Crippen molar-refractivity contribution in [3.63, 3.8) is 0 Å². The first kappa shape index (κ1) is 13.2. The van der Waals surface area contributed by atoms with Crippen molar-refractivity contribution in [1.82, 2.24) is 0 Å². The van der Waals surface area contributed by atoms with Gasteiger partial charge in [0.1, 0.15) is 11.9 Å². The van der Waals surface area contributed by atoms with Gasteiger partial charge in [0.05, 0.1) is 6.61 Å². The van der Waals surface area contributed by atoms with E-state index in [0.717, 1.165) is 22.1 Å². The van der Waals surface area contributed by atoms with E-state index in [0.29, 0.717) is 6.61 Å². The third kappa shape index (κ3) is 2.78. The van der Waals surface area contributed by atoms with E-state index in [1.54, 1.807) is 6.92 Å². The van der Waals surface area contributed by atoms with Gasteiger partial charge in [0.15, 0.2) is 0 Å². The van der Waals surface area contributed by atoms with Gasteiger partial charge in [-0.3, -0.25) is 0 Å². The SMILES string of the molecule is CCOc1ccc(C(C)OC(=O)O)c2ccccc12. The van der Waals surface area contributed by atoms with E-state index in [9.17, 15) is 4.79 Å². The van der Waals surface area contributed by atoms with Crippen LogP contribution in [0.2, 0.25) is 0 Å². The zero-order chi connectivity index (χ0) is 13.8. The minimum absolute atomic E-state index is 0.516. The number of carbonyl (C=O) groups is 1. The molecular formula is C15H16O4. The first-order chi connectivity index (χ1) is 9.13. The molecule has 4 nitrogen and oxygen atoms in total. The zero-order valence-corrected chi connectivity index (χ0v) is 10.9. The van der Waals surface area contributed by atoms with Crippen LogP contribution in [-0.2, 0) is 4.74 Å². The van der Waals surface area contributed by atoms with Crippen molar-refractivity contribution >= 4 is 16.9 Å². The molecule has 2 aromatic carbocycles. The third-order valence-corrected chi connectivity index (χ3v) is 2.93. The second-order valence-corrected chi connectivity index (χ2v) is 4.16. The highest BCUT2D eigenvalue weighted by atomic mass is 16.7. The normalized spacial score (nSPS) is 12.1. The smallest absolute Gasteiger partial charge is 0.493 e. The average Bonchev–Trinajstić information content (AvgIpc) is 2.38. The summed E-state index contributed by atoms with van der Waals surface area (Å²) in [5, 5.41) is 10.6. The summed E-state index contributed by atoms with van der Waals surface area (Å²) in [7, 11) is 0. The molecule has 0 aromatic heterocycles. The Bertz CT molecular complexity index is 592. The topological polar surface area (TPSA) is 55.8 Å². The Kier molecular flexibility index (Phi) is 3.90. The minimum atomic E-state index is -1.27. The Hall–Kier alpha value is -2.23. The van der Waals surface area contributed by atoms with Gasteiger partial charge in [0.2, 0.25) is 0 Å². The van der Waals surface area contributed by atoms with E-state index in [-0.39, 0.29) is 0 Å². The molecule has 0 heterocycles. The van der Waals surface area contributed by atoms with Crippen molar-refractivity contribution in [2.45, 2.75) is 20.0 Å². The number of fused-ring (bicyclic) bond motifs is 1. The molecule has 0 saturated heterocycles. The first-order valence-electron chi connectivity index (χ1n) is 6.17. The van der Waals surface area contributed by atoms with Crippen LogP contribution in [0.25, 0.3) is 10.8 Å². The van der Waals surface area contributed by atoms with Gasteiger partial charge in [0.25, 0.3) is 0 Å². The van der Waals surface area contributed by atoms with Crippen molar-refractivity contribution in [2.75, 3.05) is 6.61 Å². The highest BCUT2D eigenvalue weighted by molar-refractivity contribution is 5.91. The van der Waals surface area contributed by atoms with Crippen molar-refractivity contribution in [3.8, 4) is 5.75 Å². The average molecular weight is 260 g/mol. The quantitative estimate of drug-likeness (QED) is 0.844. The van der Waals surface area contributed by atoms with Gasteiger partial charge in [-0.15, -0.1) is 0 Å². The van der Waals surface area contributed by atoms with Gasteiger partial charge in [-0.05, 0) is 25.3 Å². The van der Waals surface area contributed by atoms with E-state index in [1.807, 2.05) is 43.3 Å². The molecule has 0 bridgehead atoms. The molecule has 0 fully saturated rings. The minimum Gasteiger partial charge on any atom is -0.493 e. The highest BCUT2D eigenvalue weighted by Gasteiger charge is 2.15. The van der Waals surface area contributed by atoms with Gasteiger partial charge >= 0.3 is 6.16 Å². The number of hydrogen-bond acceptors (Lipinski definition) is 3. The molecule has 19 heavy (non-hydrogen) atoms. The Morgan fingerprint density at radius 2 is 1.89 bits per heavy atom. The lowest BCUT2D eigenvalue weighted by atomic mass is 10.0. The van der Waals surface area contributed by atoms with E-state index in [2.05, 4.69) is 0 Å². The summed E-state index contributed by atoms with van der Waals surface area (Å²) in [6.45, 7) is 4.24. The molecule has 0 amide bonds. The number of hydrogen-bond donors (Lipinski definition) is 1. The molecule has 0 radical (unpaired) electrons. The summed E-state index contributed by atoms with van der Waals surface area (Å²) >= 11 is 0. The summed E-state index contributed by atoms with van der Waals surface area (Å²) in [6.07, 6.45) is -1.79. The Morgan fingerprint density at radius 1 is 1.21 bits per heavy atom. The summed E-state index contributed by atoms with van der Waals surface area (Å²) in [5.41, 5.74) is 0.835. The Balaban J connectivity index is 2.51. The molecule has 100 valence electrons. The first-order valence-corrected chi connectivity index (χ1v) is 6.17. The maximum absolute atomic E-state index is 10.6. The molecule has 0 spiro atoms. The Labute approximate surface area is 111 Å². The lowest BCUT2D eigenvalue weighted by Crippen LogP contribution is -2.06. The zero-order valence-electron chi connectivity index (χ0n) is 10.9. The summed E-state index contributed by atoms with van der Waals surface area (Å²) in [5.74, 6) is 0.796. The molecule has 1 N–H and O–H groups in total. The monoisotopic (exact) mass is 260 g/mol. The van der Waals surface area contributed by atoms with Gasteiger partial charge in [-0.25, -0.2) is 4.79 Å². The molecule has 0 aliphatic carbocycles. The van der Waals surface area contributed by atoms with Crippen LogP contribution in [0.3, 0.4) is 0 Å². The van der Waals surface area contributed by atoms with Crippen LogP contribution in [0.15, 0.2) is 36.4 Å². The van der Waals surface area contributed by atoms with Gasteiger partial charge in [-0.1, -0.05) is 30.3 Å². The van der Waals surface area contributed by atoms with Gasteiger partial charge in [0, 0.05) is 10.9 Å². The van der Waals surface area contributed by atoms with E-state index >= 15 is 0 Å². The standard InChI is InChI=1S/C15H16O4/c1-3-18-14-9-8-11(10(2)19-15(16)17)12-6-4-5-7-13(12)14/h4-10H,3H2,1-2H3,(H,16,17). The maximum atomic E-state index is 10.6.